The van der Waals surface area contributed by atoms with Crippen molar-refractivity contribution in [3.8, 4) is 0 Å². The third-order valence-corrected chi connectivity index (χ3v) is 6.89. The van der Waals surface area contributed by atoms with E-state index >= 15 is 0 Å². The number of anilines is 2. The first-order chi connectivity index (χ1) is 21.6. The smallest absolute Gasteiger partial charge is 0.435 e. The minimum atomic E-state index is -0.876. The van der Waals surface area contributed by atoms with E-state index in [9.17, 15) is 19.2 Å². The zero-order chi connectivity index (χ0) is 32.1. The number of ether oxygens (including phenoxy) is 2. The van der Waals surface area contributed by atoms with Crippen LogP contribution >= 0.6 is 0 Å². The van der Waals surface area contributed by atoms with Gasteiger partial charge in [-0.3, -0.25) is 19.1 Å². The van der Waals surface area contributed by atoms with E-state index in [1.54, 1.807) is 31.3 Å². The van der Waals surface area contributed by atoms with E-state index < -0.39 is 29.4 Å². The van der Waals surface area contributed by atoms with Crippen LogP contribution in [0.2, 0.25) is 0 Å². The van der Waals surface area contributed by atoms with Gasteiger partial charge in [0.05, 0.1) is 23.4 Å². The summed E-state index contributed by atoms with van der Waals surface area (Å²) in [5, 5.41) is 16.5. The summed E-state index contributed by atoms with van der Waals surface area (Å²) in [5.74, 6) is -1.96. The number of para-hydroxylation sites is 1. The molecule has 0 saturated carbocycles. The third kappa shape index (κ3) is 6.60. The zero-order valence-electron chi connectivity index (χ0n) is 25.0. The lowest BCUT2D eigenvalue weighted by Crippen LogP contribution is -2.40. The molecule has 3 N–H and O–H groups in total. The summed E-state index contributed by atoms with van der Waals surface area (Å²) in [4.78, 5) is 52.6. The fraction of sp³-hybridized carbons (Fsp3) is 0.226. The number of benzene rings is 2. The highest BCUT2D eigenvalue weighted by molar-refractivity contribution is 6.14. The van der Waals surface area contributed by atoms with E-state index in [2.05, 4.69) is 26.1 Å². The van der Waals surface area contributed by atoms with Gasteiger partial charge in [0, 0.05) is 26.4 Å². The number of hydrogen-bond acceptors (Lipinski definition) is 9. The molecule has 2 aromatic carbocycles. The number of aromatic nitrogens is 4. The Morgan fingerprint density at radius 3 is 2.36 bits per heavy atom. The molecule has 5 rings (SSSR count). The Kier molecular flexibility index (Phi) is 8.76. The highest BCUT2D eigenvalue weighted by atomic mass is 16.6. The van der Waals surface area contributed by atoms with Crippen molar-refractivity contribution in [3.63, 3.8) is 0 Å². The lowest BCUT2D eigenvalue weighted by atomic mass is 9.94. The van der Waals surface area contributed by atoms with Gasteiger partial charge in [0.15, 0.2) is 17.2 Å². The lowest BCUT2D eigenvalue weighted by molar-refractivity contribution is 0.0884. The highest BCUT2D eigenvalue weighted by Crippen LogP contribution is 2.29. The molecule has 3 aromatic heterocycles. The Hall–Kier alpha value is -5.76. The van der Waals surface area contributed by atoms with Crippen LogP contribution in [0.5, 0.6) is 0 Å². The summed E-state index contributed by atoms with van der Waals surface area (Å²) in [6.45, 7) is 3.77. The van der Waals surface area contributed by atoms with Crippen molar-refractivity contribution in [1.82, 2.24) is 24.9 Å². The first kappa shape index (κ1) is 30.7. The number of methoxy groups -OCH3 is 1. The van der Waals surface area contributed by atoms with Gasteiger partial charge in [0.2, 0.25) is 0 Å². The number of furan rings is 1. The Morgan fingerprint density at radius 2 is 1.64 bits per heavy atom. The summed E-state index contributed by atoms with van der Waals surface area (Å²) >= 11 is 0. The number of aryl methyl sites for hydroxylation is 1. The van der Waals surface area contributed by atoms with E-state index in [0.717, 1.165) is 10.2 Å². The van der Waals surface area contributed by atoms with Crippen molar-refractivity contribution in [2.24, 2.45) is 7.05 Å². The van der Waals surface area contributed by atoms with Crippen LogP contribution in [-0.4, -0.2) is 63.7 Å². The Morgan fingerprint density at radius 1 is 0.911 bits per heavy atom. The summed E-state index contributed by atoms with van der Waals surface area (Å²) in [6, 6.07) is 18.6. The van der Waals surface area contributed by atoms with Gasteiger partial charge in [-0.2, -0.15) is 9.78 Å². The number of rotatable bonds is 10. The van der Waals surface area contributed by atoms with E-state index in [0.29, 0.717) is 0 Å². The number of fused-ring (bicyclic) bond motifs is 1. The van der Waals surface area contributed by atoms with E-state index in [1.807, 2.05) is 44.2 Å². The molecule has 14 heteroatoms. The van der Waals surface area contributed by atoms with Crippen LogP contribution in [0.4, 0.5) is 16.3 Å². The number of carbonyl (C=O) groups is 4. The summed E-state index contributed by atoms with van der Waals surface area (Å²) in [5.41, 5.74) is 0.771. The maximum absolute atomic E-state index is 13.5. The molecule has 0 aliphatic heterocycles. The Labute approximate surface area is 257 Å². The molecule has 0 unspecified atom stereocenters. The number of nitrogens with zero attached hydrogens (tertiary/aromatic N) is 4. The van der Waals surface area contributed by atoms with Crippen molar-refractivity contribution in [1.29, 1.82) is 0 Å². The first-order valence-electron chi connectivity index (χ1n) is 13.9. The van der Waals surface area contributed by atoms with Crippen LogP contribution in [0.25, 0.3) is 11.1 Å². The van der Waals surface area contributed by atoms with Crippen molar-refractivity contribution in [2.45, 2.75) is 19.4 Å². The summed E-state index contributed by atoms with van der Waals surface area (Å²) in [7, 11) is 3.08. The summed E-state index contributed by atoms with van der Waals surface area (Å²) in [6.07, 6.45) is 0.606. The minimum Gasteiger partial charge on any atom is -0.445 e. The maximum Gasteiger partial charge on any atom is 0.435 e. The Bertz CT molecular complexity index is 1870. The molecular formula is C31H31N7O7. The van der Waals surface area contributed by atoms with Gasteiger partial charge >= 0.3 is 6.09 Å². The van der Waals surface area contributed by atoms with Crippen LogP contribution in [0.3, 0.4) is 0 Å². The van der Waals surface area contributed by atoms with Gasteiger partial charge in [-0.15, -0.1) is 5.10 Å². The lowest BCUT2D eigenvalue weighted by Gasteiger charge is -2.26. The van der Waals surface area contributed by atoms with Crippen LogP contribution in [-0.2, 0) is 22.1 Å². The summed E-state index contributed by atoms with van der Waals surface area (Å²) < 4.78 is 18.3. The minimum absolute atomic E-state index is 0.0360. The van der Waals surface area contributed by atoms with Gasteiger partial charge in [-0.05, 0) is 37.6 Å². The normalized spacial score (nSPS) is 11.3. The standard InChI is InChI=1S/C31H31N7O7/c1-31(2,19-10-6-5-7-11-19)35-29(41)24-18-23-25(45-24)26(36-38(23)30(42)44-17-16-43-4)34-27(39)20-12-8-9-13-21(20)33-28(40)22-14-15-32-37(22)3/h5-15,18H,16-17H2,1-4H3,(H,33,40)(H,35,41)(H,34,36,39). The molecule has 3 heterocycles. The molecule has 45 heavy (non-hydrogen) atoms. The predicted octanol–water partition coefficient (Wildman–Crippen LogP) is 4.16. The number of hydrogen-bond donors (Lipinski definition) is 3. The van der Waals surface area contributed by atoms with Crippen LogP contribution in [0.15, 0.2) is 77.3 Å². The van der Waals surface area contributed by atoms with Gasteiger partial charge in [-0.25, -0.2) is 4.79 Å². The number of nitrogens with one attached hydrogen (secondary N) is 3. The maximum atomic E-state index is 13.5. The monoisotopic (exact) mass is 613 g/mol. The van der Waals surface area contributed by atoms with Crippen molar-refractivity contribution in [3.05, 3.63) is 95.5 Å². The number of carbonyl (C=O) groups excluding carboxylic acids is 4. The van der Waals surface area contributed by atoms with Gasteiger partial charge in [0.1, 0.15) is 17.8 Å². The fourth-order valence-electron chi connectivity index (χ4n) is 4.53. The first-order valence-corrected chi connectivity index (χ1v) is 13.9. The third-order valence-electron chi connectivity index (χ3n) is 6.89. The second-order valence-corrected chi connectivity index (χ2v) is 10.4. The fourth-order valence-corrected chi connectivity index (χ4v) is 4.53. The van der Waals surface area contributed by atoms with Crippen molar-refractivity contribution >= 4 is 46.4 Å². The molecule has 0 radical (unpaired) electrons. The average molecular weight is 614 g/mol. The largest absolute Gasteiger partial charge is 0.445 e. The molecular weight excluding hydrogens is 582 g/mol. The number of amides is 3. The molecule has 14 nitrogen and oxygen atoms in total. The van der Waals surface area contributed by atoms with E-state index in [-0.39, 0.29) is 52.8 Å². The van der Waals surface area contributed by atoms with Gasteiger partial charge in [0.25, 0.3) is 17.7 Å². The SMILES string of the molecule is COCCOC(=O)n1nc(NC(=O)c2ccccc2NC(=O)c2ccnn2C)c2oc(C(=O)NC(C)(C)c3ccccc3)cc21. The second-order valence-electron chi connectivity index (χ2n) is 10.4. The molecule has 0 spiro atoms. The van der Waals surface area contributed by atoms with Gasteiger partial charge in [-0.1, -0.05) is 42.5 Å². The quantitative estimate of drug-likeness (QED) is 0.196. The molecule has 0 aliphatic rings. The van der Waals surface area contributed by atoms with Crippen molar-refractivity contribution < 1.29 is 33.1 Å². The van der Waals surface area contributed by atoms with Crippen LogP contribution < -0.4 is 16.0 Å². The average Bonchev–Trinajstić information content (AvgIpc) is 3.74. The molecule has 232 valence electrons. The topological polar surface area (TPSA) is 172 Å². The van der Waals surface area contributed by atoms with Gasteiger partial charge < -0.3 is 29.8 Å². The predicted molar refractivity (Wildman–Crippen MR) is 163 cm³/mol. The molecule has 0 atom stereocenters. The molecule has 0 bridgehead atoms. The van der Waals surface area contributed by atoms with E-state index in [1.165, 1.54) is 30.1 Å². The molecule has 5 aromatic rings. The van der Waals surface area contributed by atoms with E-state index in [4.69, 9.17) is 13.9 Å². The zero-order valence-corrected chi connectivity index (χ0v) is 25.0. The second kappa shape index (κ2) is 12.9. The Balaban J connectivity index is 1.45. The van der Waals surface area contributed by atoms with Crippen LogP contribution in [0.1, 0.15) is 50.8 Å². The van der Waals surface area contributed by atoms with Crippen molar-refractivity contribution in [2.75, 3.05) is 31.0 Å². The molecule has 0 saturated heterocycles. The molecule has 0 fully saturated rings. The molecule has 3 amide bonds. The molecule has 0 aliphatic carbocycles. The highest BCUT2D eigenvalue weighted by Gasteiger charge is 2.29. The van der Waals surface area contributed by atoms with Crippen LogP contribution in [0, 0.1) is 0 Å².